The van der Waals surface area contributed by atoms with Gasteiger partial charge in [0.25, 0.3) is 11.8 Å². The summed E-state index contributed by atoms with van der Waals surface area (Å²) in [6, 6.07) is 12.0. The van der Waals surface area contributed by atoms with E-state index in [1.807, 2.05) is 51.6 Å². The number of halogens is 1. The summed E-state index contributed by atoms with van der Waals surface area (Å²) in [4.78, 5) is 33.4. The Morgan fingerprint density at radius 2 is 1.29 bits per heavy atom. The number of carbonyl (C=O) groups excluding carboxylic acids is 2. The van der Waals surface area contributed by atoms with E-state index in [0.717, 1.165) is 77.7 Å². The van der Waals surface area contributed by atoms with Gasteiger partial charge in [-0.25, -0.2) is 0 Å². The SMILES string of the molecule is CCCCC(CC)CN1C(=O)C(c2cccs2)=C2C1=C(c1ccc(Br)cc1)C(=O)N2CC(CC)CCCC. The summed E-state index contributed by atoms with van der Waals surface area (Å²) in [5, 5.41) is 2.02. The third kappa shape index (κ3) is 5.86. The van der Waals surface area contributed by atoms with Gasteiger partial charge in [-0.2, -0.15) is 0 Å². The minimum atomic E-state index is 0.0282. The molecule has 0 N–H and O–H groups in total. The fraction of sp³-hybridized carbons (Fsp3) is 0.500. The van der Waals surface area contributed by atoms with Gasteiger partial charge in [0.15, 0.2) is 0 Å². The predicted octanol–water partition coefficient (Wildman–Crippen LogP) is 8.75. The van der Waals surface area contributed by atoms with Gasteiger partial charge in [0.2, 0.25) is 0 Å². The van der Waals surface area contributed by atoms with Crippen LogP contribution in [0.25, 0.3) is 11.1 Å². The maximum Gasteiger partial charge on any atom is 0.262 e. The van der Waals surface area contributed by atoms with Crippen LogP contribution in [0, 0.1) is 11.8 Å². The fourth-order valence-electron chi connectivity index (χ4n) is 5.66. The second-order valence-corrected chi connectivity index (χ2v) is 12.5. The van der Waals surface area contributed by atoms with Crippen molar-refractivity contribution in [2.75, 3.05) is 13.1 Å². The quantitative estimate of drug-likeness (QED) is 0.219. The zero-order chi connectivity index (χ0) is 27.2. The number of carbonyl (C=O) groups is 2. The highest BCUT2D eigenvalue weighted by molar-refractivity contribution is 9.10. The van der Waals surface area contributed by atoms with Gasteiger partial charge in [0.05, 0.1) is 22.5 Å². The number of rotatable bonds is 14. The molecule has 4 rings (SSSR count). The van der Waals surface area contributed by atoms with E-state index in [4.69, 9.17) is 0 Å². The minimum Gasteiger partial charge on any atom is -0.305 e. The Labute approximate surface area is 240 Å². The van der Waals surface area contributed by atoms with E-state index in [0.29, 0.717) is 36.1 Å². The summed E-state index contributed by atoms with van der Waals surface area (Å²) in [6.07, 6.45) is 8.80. The highest BCUT2D eigenvalue weighted by Crippen LogP contribution is 2.48. The second kappa shape index (κ2) is 13.3. The normalized spacial score (nSPS) is 17.2. The van der Waals surface area contributed by atoms with Crippen LogP contribution in [-0.4, -0.2) is 34.7 Å². The lowest BCUT2D eigenvalue weighted by atomic mass is 9.98. The number of benzene rings is 1. The van der Waals surface area contributed by atoms with Gasteiger partial charge in [0, 0.05) is 22.4 Å². The van der Waals surface area contributed by atoms with Crippen LogP contribution in [0.4, 0.5) is 0 Å². The Morgan fingerprint density at radius 1 is 0.763 bits per heavy atom. The van der Waals surface area contributed by atoms with Gasteiger partial charge >= 0.3 is 0 Å². The summed E-state index contributed by atoms with van der Waals surface area (Å²) < 4.78 is 0.972. The van der Waals surface area contributed by atoms with Gasteiger partial charge in [-0.3, -0.25) is 9.59 Å². The molecular weight excluding hydrogens is 556 g/mol. The molecule has 0 fully saturated rings. The molecule has 4 nitrogen and oxygen atoms in total. The van der Waals surface area contributed by atoms with Crippen molar-refractivity contribution in [2.24, 2.45) is 11.8 Å². The molecule has 2 aliphatic heterocycles. The lowest BCUT2D eigenvalue weighted by Crippen LogP contribution is -2.32. The van der Waals surface area contributed by atoms with Gasteiger partial charge < -0.3 is 9.80 Å². The van der Waals surface area contributed by atoms with Crippen LogP contribution < -0.4 is 0 Å². The van der Waals surface area contributed by atoms with E-state index in [9.17, 15) is 9.59 Å². The van der Waals surface area contributed by atoms with Crippen molar-refractivity contribution in [1.29, 1.82) is 0 Å². The van der Waals surface area contributed by atoms with Crippen LogP contribution in [0.15, 0.2) is 57.6 Å². The average molecular weight is 598 g/mol. The molecule has 0 spiro atoms. The van der Waals surface area contributed by atoms with E-state index in [2.05, 4.69) is 43.6 Å². The molecule has 204 valence electrons. The fourth-order valence-corrected chi connectivity index (χ4v) is 6.68. The van der Waals surface area contributed by atoms with Crippen molar-refractivity contribution >= 4 is 50.2 Å². The third-order valence-corrected chi connectivity index (χ3v) is 9.44. The Balaban J connectivity index is 1.87. The molecule has 0 saturated carbocycles. The predicted molar refractivity (Wildman–Crippen MR) is 162 cm³/mol. The van der Waals surface area contributed by atoms with Crippen LogP contribution in [0.3, 0.4) is 0 Å². The number of hydrogen-bond acceptors (Lipinski definition) is 3. The first-order chi connectivity index (χ1) is 18.4. The molecule has 2 amide bonds. The minimum absolute atomic E-state index is 0.0282. The van der Waals surface area contributed by atoms with Crippen molar-refractivity contribution in [3.63, 3.8) is 0 Å². The Kier molecular flexibility index (Phi) is 10.1. The zero-order valence-corrected chi connectivity index (χ0v) is 25.7. The molecule has 2 unspecified atom stereocenters. The molecule has 38 heavy (non-hydrogen) atoms. The molecule has 0 radical (unpaired) electrons. The average Bonchev–Trinajstić information content (AvgIpc) is 3.61. The lowest BCUT2D eigenvalue weighted by molar-refractivity contribution is -0.123. The summed E-state index contributed by atoms with van der Waals surface area (Å²) in [7, 11) is 0. The molecule has 1 aromatic heterocycles. The van der Waals surface area contributed by atoms with E-state index in [1.54, 1.807) is 11.3 Å². The number of amides is 2. The van der Waals surface area contributed by atoms with Crippen LogP contribution >= 0.6 is 27.3 Å². The molecule has 6 heteroatoms. The Hall–Kier alpha value is -2.18. The number of hydrogen-bond donors (Lipinski definition) is 0. The summed E-state index contributed by atoms with van der Waals surface area (Å²) in [6.45, 7) is 10.2. The van der Waals surface area contributed by atoms with Crippen LogP contribution in [-0.2, 0) is 9.59 Å². The number of thiophene rings is 1. The van der Waals surface area contributed by atoms with Crippen molar-refractivity contribution in [1.82, 2.24) is 9.80 Å². The van der Waals surface area contributed by atoms with Crippen molar-refractivity contribution in [3.05, 3.63) is 68.1 Å². The van der Waals surface area contributed by atoms with E-state index in [1.165, 1.54) is 0 Å². The summed E-state index contributed by atoms with van der Waals surface area (Å²) >= 11 is 5.12. The van der Waals surface area contributed by atoms with Gasteiger partial charge in [-0.15, -0.1) is 11.3 Å². The maximum atomic E-state index is 14.3. The van der Waals surface area contributed by atoms with Gasteiger partial charge in [0.1, 0.15) is 0 Å². The largest absolute Gasteiger partial charge is 0.305 e. The van der Waals surface area contributed by atoms with Gasteiger partial charge in [-0.1, -0.05) is 100 Å². The van der Waals surface area contributed by atoms with Crippen molar-refractivity contribution in [2.45, 2.75) is 79.1 Å². The monoisotopic (exact) mass is 596 g/mol. The van der Waals surface area contributed by atoms with Crippen LogP contribution in [0.1, 0.15) is 89.5 Å². The van der Waals surface area contributed by atoms with E-state index < -0.39 is 0 Å². The Morgan fingerprint density at radius 3 is 1.76 bits per heavy atom. The van der Waals surface area contributed by atoms with Crippen LogP contribution in [0.2, 0.25) is 0 Å². The molecule has 1 aromatic carbocycles. The van der Waals surface area contributed by atoms with Crippen LogP contribution in [0.5, 0.6) is 0 Å². The first-order valence-electron chi connectivity index (χ1n) is 14.4. The highest BCUT2D eigenvalue weighted by atomic mass is 79.9. The third-order valence-electron chi connectivity index (χ3n) is 8.02. The smallest absolute Gasteiger partial charge is 0.262 e. The molecule has 2 atom stereocenters. The van der Waals surface area contributed by atoms with E-state index in [-0.39, 0.29) is 11.8 Å². The first kappa shape index (κ1) is 28.8. The standard InChI is InChI=1S/C32H41BrN2O2S/c1-5-9-12-22(7-3)20-34-29-27(24-15-17-25(33)18-16-24)31(36)35(21-23(8-4)13-10-6-2)30(29)28(32(34)37)26-14-11-19-38-26/h11,14-19,22-23H,5-10,12-13,20-21H2,1-4H3. The van der Waals surface area contributed by atoms with Crippen molar-refractivity contribution in [3.8, 4) is 0 Å². The second-order valence-electron chi connectivity index (χ2n) is 10.6. The Bertz CT molecular complexity index is 1180. The van der Waals surface area contributed by atoms with Gasteiger partial charge in [-0.05, 0) is 53.8 Å². The molecule has 0 aliphatic carbocycles. The summed E-state index contributed by atoms with van der Waals surface area (Å²) in [5.74, 6) is 0.874. The lowest BCUT2D eigenvalue weighted by Gasteiger charge is -2.26. The topological polar surface area (TPSA) is 40.6 Å². The number of nitrogens with zero attached hydrogens (tertiary/aromatic N) is 2. The zero-order valence-electron chi connectivity index (χ0n) is 23.3. The number of unbranched alkanes of at least 4 members (excludes halogenated alkanes) is 2. The molecule has 2 aliphatic rings. The molecule has 2 aromatic rings. The maximum absolute atomic E-state index is 14.3. The van der Waals surface area contributed by atoms with Crippen molar-refractivity contribution < 1.29 is 9.59 Å². The summed E-state index contributed by atoms with van der Waals surface area (Å²) in [5.41, 5.74) is 3.91. The van der Waals surface area contributed by atoms with E-state index >= 15 is 0 Å². The molecule has 3 heterocycles. The molecular formula is C32H41BrN2O2S. The molecule has 0 saturated heterocycles. The number of fused-ring (bicyclic) bond motifs is 1. The first-order valence-corrected chi connectivity index (χ1v) is 16.0. The highest BCUT2D eigenvalue weighted by Gasteiger charge is 2.49. The molecule has 0 bridgehead atoms.